The average Bonchev–Trinajstić information content (AvgIpc) is 2.80. The second-order valence-corrected chi connectivity index (χ2v) is 6.62. The highest BCUT2D eigenvalue weighted by Crippen LogP contribution is 2.19. The van der Waals surface area contributed by atoms with E-state index in [1.54, 1.807) is 0 Å². The number of fused-ring (bicyclic) bond motifs is 1. The summed E-state index contributed by atoms with van der Waals surface area (Å²) in [5.74, 6) is 0.205. The number of carbonyl (C=O) groups is 1. The van der Waals surface area contributed by atoms with Gasteiger partial charge in [-0.25, -0.2) is 4.98 Å². The summed E-state index contributed by atoms with van der Waals surface area (Å²) in [5, 5.41) is 5.10. The van der Waals surface area contributed by atoms with E-state index in [0.29, 0.717) is 17.1 Å². The topological polar surface area (TPSA) is 73.6 Å². The van der Waals surface area contributed by atoms with E-state index in [1.165, 1.54) is 21.9 Å². The number of rotatable bonds is 5. The fourth-order valence-electron chi connectivity index (χ4n) is 1.72. The second kappa shape index (κ2) is 6.34. The van der Waals surface area contributed by atoms with Crippen molar-refractivity contribution in [2.75, 3.05) is 0 Å². The minimum absolute atomic E-state index is 0.0200. The van der Waals surface area contributed by atoms with E-state index in [2.05, 4.69) is 10.1 Å². The third-order valence-corrected chi connectivity index (χ3v) is 3.97. The van der Waals surface area contributed by atoms with Crippen molar-refractivity contribution in [1.29, 1.82) is 0 Å². The Balaban J connectivity index is 2.18. The van der Waals surface area contributed by atoms with E-state index in [1.807, 2.05) is 27.7 Å². The Bertz CT molecular complexity index is 703. The zero-order valence-corrected chi connectivity index (χ0v) is 13.4. The number of esters is 1. The molecule has 0 N–H and O–H groups in total. The highest BCUT2D eigenvalue weighted by atomic mass is 32.1. The van der Waals surface area contributed by atoms with Crippen LogP contribution in [0.15, 0.2) is 10.9 Å². The van der Waals surface area contributed by atoms with Crippen molar-refractivity contribution in [3.8, 4) is 0 Å². The molecule has 114 valence electrons. The molecule has 0 radical (unpaired) electrons. The first-order valence-electron chi connectivity index (χ1n) is 6.92. The van der Waals surface area contributed by atoms with Crippen molar-refractivity contribution in [2.24, 2.45) is 5.92 Å². The fourth-order valence-corrected chi connectivity index (χ4v) is 2.65. The van der Waals surface area contributed by atoms with Gasteiger partial charge >= 0.3 is 5.97 Å². The molecule has 0 aliphatic carbocycles. The lowest BCUT2D eigenvalue weighted by atomic mass is 10.1. The highest BCUT2D eigenvalue weighted by Gasteiger charge is 2.12. The normalized spacial score (nSPS) is 11.5. The van der Waals surface area contributed by atoms with E-state index in [4.69, 9.17) is 4.74 Å². The minimum Gasteiger partial charge on any atom is -0.459 e. The molecule has 6 nitrogen and oxygen atoms in total. The molecule has 0 atom stereocenters. The van der Waals surface area contributed by atoms with Gasteiger partial charge in [-0.3, -0.25) is 9.59 Å². The fraction of sp³-hybridized carbons (Fsp3) is 0.571. The lowest BCUT2D eigenvalue weighted by molar-refractivity contribution is -0.145. The van der Waals surface area contributed by atoms with E-state index in [0.717, 1.165) is 5.01 Å². The molecule has 7 heteroatoms. The quantitative estimate of drug-likeness (QED) is 0.793. The first-order valence-corrected chi connectivity index (χ1v) is 7.73. The van der Waals surface area contributed by atoms with Crippen LogP contribution in [-0.4, -0.2) is 20.6 Å². The molecule has 2 aromatic heterocycles. The summed E-state index contributed by atoms with van der Waals surface area (Å²) >= 11 is 1.38. The van der Waals surface area contributed by atoms with Crippen LogP contribution < -0.4 is 5.56 Å². The zero-order valence-electron chi connectivity index (χ0n) is 12.6. The van der Waals surface area contributed by atoms with Crippen LogP contribution in [0.25, 0.3) is 4.96 Å². The van der Waals surface area contributed by atoms with Crippen molar-refractivity contribution in [3.05, 3.63) is 27.1 Å². The molecule has 2 aromatic rings. The number of hydrogen-bond acceptors (Lipinski definition) is 6. The van der Waals surface area contributed by atoms with Gasteiger partial charge in [-0.2, -0.15) is 9.61 Å². The molecule has 2 rings (SSSR count). The Kier molecular flexibility index (Phi) is 4.72. The number of nitrogens with zero attached hydrogens (tertiary/aromatic N) is 3. The van der Waals surface area contributed by atoms with Gasteiger partial charge in [-0.15, -0.1) is 0 Å². The molecule has 0 unspecified atom stereocenters. The van der Waals surface area contributed by atoms with Crippen molar-refractivity contribution in [3.63, 3.8) is 0 Å². The van der Waals surface area contributed by atoms with Gasteiger partial charge in [0.25, 0.3) is 5.56 Å². The largest absolute Gasteiger partial charge is 0.459 e. The Morgan fingerprint density at radius 3 is 2.71 bits per heavy atom. The number of aromatic nitrogens is 3. The van der Waals surface area contributed by atoms with E-state index >= 15 is 0 Å². The molecule has 0 bridgehead atoms. The molecule has 0 fully saturated rings. The Labute approximate surface area is 126 Å². The van der Waals surface area contributed by atoms with Gasteiger partial charge in [0.15, 0.2) is 0 Å². The minimum atomic E-state index is -0.279. The van der Waals surface area contributed by atoms with E-state index < -0.39 is 0 Å². The summed E-state index contributed by atoms with van der Waals surface area (Å²) in [6.07, 6.45) is 0.360. The lowest BCUT2D eigenvalue weighted by Gasteiger charge is -2.05. The molecular weight excluding hydrogens is 290 g/mol. The van der Waals surface area contributed by atoms with Gasteiger partial charge in [0, 0.05) is 18.4 Å². The van der Waals surface area contributed by atoms with Gasteiger partial charge < -0.3 is 4.74 Å². The predicted molar refractivity (Wildman–Crippen MR) is 80.5 cm³/mol. The predicted octanol–water partition coefficient (Wildman–Crippen LogP) is 2.36. The van der Waals surface area contributed by atoms with Gasteiger partial charge in [-0.05, 0) is 5.92 Å². The maximum absolute atomic E-state index is 12.0. The van der Waals surface area contributed by atoms with E-state index in [-0.39, 0.29) is 30.0 Å². The molecule has 0 saturated heterocycles. The maximum atomic E-state index is 12.0. The maximum Gasteiger partial charge on any atom is 0.306 e. The lowest BCUT2D eigenvalue weighted by Crippen LogP contribution is -2.17. The van der Waals surface area contributed by atoms with Crippen LogP contribution in [0.3, 0.4) is 0 Å². The van der Waals surface area contributed by atoms with Crippen molar-refractivity contribution >= 4 is 22.3 Å². The molecule has 0 aliphatic rings. The summed E-state index contributed by atoms with van der Waals surface area (Å²) < 4.78 is 6.42. The monoisotopic (exact) mass is 309 g/mol. The standard InChI is InChI=1S/C14H19N3O3S/c1-8(2)5-12(19)20-7-10-6-11(18)17-14(15-10)21-13(16-17)9(3)4/h6,8-9H,5,7H2,1-4H3. The first-order chi connectivity index (χ1) is 9.86. The molecule has 21 heavy (non-hydrogen) atoms. The third kappa shape index (κ3) is 3.87. The van der Waals surface area contributed by atoms with Crippen molar-refractivity contribution in [2.45, 2.75) is 46.6 Å². The summed E-state index contributed by atoms with van der Waals surface area (Å²) in [6, 6.07) is 1.36. The van der Waals surface area contributed by atoms with Crippen LogP contribution >= 0.6 is 11.3 Å². The average molecular weight is 309 g/mol. The summed E-state index contributed by atoms with van der Waals surface area (Å²) in [4.78, 5) is 28.4. The van der Waals surface area contributed by atoms with Gasteiger partial charge in [0.2, 0.25) is 4.96 Å². The second-order valence-electron chi connectivity index (χ2n) is 5.63. The van der Waals surface area contributed by atoms with Gasteiger partial charge in [0.1, 0.15) is 11.6 Å². The van der Waals surface area contributed by atoms with Crippen LogP contribution in [0.1, 0.15) is 50.7 Å². The molecule has 0 saturated carbocycles. The Morgan fingerprint density at radius 1 is 1.38 bits per heavy atom. The Morgan fingerprint density at radius 2 is 2.10 bits per heavy atom. The SMILES string of the molecule is CC(C)CC(=O)OCc1cc(=O)n2nc(C(C)C)sc2n1. The summed E-state index contributed by atoms with van der Waals surface area (Å²) in [7, 11) is 0. The van der Waals surface area contributed by atoms with E-state index in [9.17, 15) is 9.59 Å². The van der Waals surface area contributed by atoms with Crippen LogP contribution in [-0.2, 0) is 16.1 Å². The van der Waals surface area contributed by atoms with Crippen LogP contribution in [0.4, 0.5) is 0 Å². The van der Waals surface area contributed by atoms with Crippen LogP contribution in [0.5, 0.6) is 0 Å². The van der Waals surface area contributed by atoms with Crippen LogP contribution in [0, 0.1) is 5.92 Å². The van der Waals surface area contributed by atoms with Gasteiger partial charge in [-0.1, -0.05) is 39.0 Å². The number of carbonyl (C=O) groups excluding carboxylic acids is 1. The molecule has 0 spiro atoms. The van der Waals surface area contributed by atoms with Gasteiger partial charge in [0.05, 0.1) is 5.69 Å². The molecule has 2 heterocycles. The number of hydrogen-bond donors (Lipinski definition) is 0. The molecule has 0 aromatic carbocycles. The zero-order chi connectivity index (χ0) is 15.6. The Hall–Kier alpha value is -1.76. The third-order valence-electron chi connectivity index (χ3n) is 2.76. The van der Waals surface area contributed by atoms with Crippen molar-refractivity contribution < 1.29 is 9.53 Å². The molecular formula is C14H19N3O3S. The smallest absolute Gasteiger partial charge is 0.306 e. The van der Waals surface area contributed by atoms with Crippen LogP contribution in [0.2, 0.25) is 0 Å². The molecule has 0 aliphatic heterocycles. The van der Waals surface area contributed by atoms with Crippen molar-refractivity contribution in [1.82, 2.24) is 14.6 Å². The summed E-state index contributed by atoms with van der Waals surface area (Å²) in [6.45, 7) is 7.94. The highest BCUT2D eigenvalue weighted by molar-refractivity contribution is 7.16. The summed E-state index contributed by atoms with van der Waals surface area (Å²) in [5.41, 5.74) is 0.203. The first kappa shape index (κ1) is 15.6. The molecule has 0 amide bonds. The number of ether oxygens (including phenoxy) is 1.